The van der Waals surface area contributed by atoms with Crippen molar-refractivity contribution in [1.29, 1.82) is 0 Å². The molecule has 0 bridgehead atoms. The summed E-state index contributed by atoms with van der Waals surface area (Å²) in [4.78, 5) is 28.6. The summed E-state index contributed by atoms with van der Waals surface area (Å²) < 4.78 is 26.6. The summed E-state index contributed by atoms with van der Waals surface area (Å²) in [6.07, 6.45) is 6.09. The summed E-state index contributed by atoms with van der Waals surface area (Å²) in [5.41, 5.74) is 2.07. The van der Waals surface area contributed by atoms with Gasteiger partial charge in [-0.15, -0.1) is 0 Å². The van der Waals surface area contributed by atoms with E-state index >= 15 is 0 Å². The second kappa shape index (κ2) is 12.6. The van der Waals surface area contributed by atoms with Crippen molar-refractivity contribution in [2.24, 2.45) is 0 Å². The highest BCUT2D eigenvalue weighted by Crippen LogP contribution is 2.27. The van der Waals surface area contributed by atoms with E-state index in [-0.39, 0.29) is 11.9 Å². The molecule has 0 heterocycles. The molecule has 36 heavy (non-hydrogen) atoms. The molecule has 0 aromatic heterocycles. The van der Waals surface area contributed by atoms with Crippen LogP contribution in [0.5, 0.6) is 0 Å². The fourth-order valence-electron chi connectivity index (χ4n) is 4.71. The molecule has 1 atom stereocenters. The maximum Gasteiger partial charge on any atom is 0.244 e. The van der Waals surface area contributed by atoms with E-state index in [4.69, 9.17) is 11.6 Å². The van der Waals surface area contributed by atoms with Crippen molar-refractivity contribution in [3.8, 4) is 0 Å². The molecule has 2 aromatic carbocycles. The lowest BCUT2D eigenvalue weighted by Crippen LogP contribution is -2.54. The van der Waals surface area contributed by atoms with Crippen molar-refractivity contribution in [2.75, 3.05) is 23.7 Å². The van der Waals surface area contributed by atoms with Crippen LogP contribution in [0, 0.1) is 6.92 Å². The van der Waals surface area contributed by atoms with Crippen molar-refractivity contribution in [3.05, 3.63) is 64.7 Å². The predicted octanol–water partition coefficient (Wildman–Crippen LogP) is 4.32. The van der Waals surface area contributed by atoms with Crippen molar-refractivity contribution >= 4 is 39.1 Å². The van der Waals surface area contributed by atoms with E-state index in [2.05, 4.69) is 5.32 Å². The first-order chi connectivity index (χ1) is 17.1. The first kappa shape index (κ1) is 28.0. The average molecular weight is 534 g/mol. The van der Waals surface area contributed by atoms with Gasteiger partial charge in [-0.1, -0.05) is 67.8 Å². The van der Waals surface area contributed by atoms with Gasteiger partial charge < -0.3 is 10.2 Å². The molecule has 1 fully saturated rings. The molecule has 0 aliphatic heterocycles. The fraction of sp³-hybridized carbons (Fsp3) is 0.481. The largest absolute Gasteiger partial charge is 0.352 e. The van der Waals surface area contributed by atoms with E-state index < -0.39 is 28.5 Å². The number of rotatable bonds is 11. The Hall–Kier alpha value is -2.58. The van der Waals surface area contributed by atoms with Gasteiger partial charge in [0.1, 0.15) is 12.6 Å². The molecule has 1 unspecified atom stereocenters. The van der Waals surface area contributed by atoms with E-state index in [1.54, 1.807) is 25.1 Å². The van der Waals surface area contributed by atoms with Gasteiger partial charge in [0.2, 0.25) is 21.8 Å². The van der Waals surface area contributed by atoms with Gasteiger partial charge in [0.05, 0.1) is 11.9 Å². The highest BCUT2D eigenvalue weighted by Gasteiger charge is 2.33. The van der Waals surface area contributed by atoms with Gasteiger partial charge in [0.25, 0.3) is 0 Å². The number of sulfonamides is 1. The molecule has 1 N–H and O–H groups in total. The fourth-order valence-corrected chi connectivity index (χ4v) is 5.77. The smallest absolute Gasteiger partial charge is 0.244 e. The topological polar surface area (TPSA) is 86.8 Å². The van der Waals surface area contributed by atoms with Crippen LogP contribution in [0.15, 0.2) is 48.5 Å². The molecule has 9 heteroatoms. The Bertz CT molecular complexity index is 1150. The summed E-state index contributed by atoms with van der Waals surface area (Å²) in [5, 5.41) is 3.49. The van der Waals surface area contributed by atoms with Crippen LogP contribution in [0.2, 0.25) is 5.02 Å². The van der Waals surface area contributed by atoms with E-state index in [1.807, 2.05) is 37.3 Å². The van der Waals surface area contributed by atoms with E-state index in [9.17, 15) is 18.0 Å². The molecule has 1 aliphatic carbocycles. The normalized spacial score (nSPS) is 14.9. The predicted molar refractivity (Wildman–Crippen MR) is 145 cm³/mol. The molecule has 1 saturated carbocycles. The maximum atomic E-state index is 13.7. The maximum absolute atomic E-state index is 13.7. The number of nitrogens with zero attached hydrogens (tertiary/aromatic N) is 2. The number of nitrogens with one attached hydrogen (secondary N) is 1. The number of amides is 2. The number of halogens is 1. The molecule has 0 spiro atoms. The Kier molecular flexibility index (Phi) is 9.79. The molecule has 0 saturated heterocycles. The second-order valence-electron chi connectivity index (χ2n) is 9.44. The third-order valence-electron chi connectivity index (χ3n) is 6.69. The summed E-state index contributed by atoms with van der Waals surface area (Å²) in [6, 6.07) is 14.1. The summed E-state index contributed by atoms with van der Waals surface area (Å²) in [5.74, 6) is -0.611. The Morgan fingerprint density at radius 2 is 1.78 bits per heavy atom. The number of hydrogen-bond donors (Lipinski definition) is 1. The van der Waals surface area contributed by atoms with Gasteiger partial charge in [0, 0.05) is 17.6 Å². The van der Waals surface area contributed by atoms with Gasteiger partial charge >= 0.3 is 0 Å². The van der Waals surface area contributed by atoms with E-state index in [0.29, 0.717) is 35.7 Å². The molecule has 7 nitrogen and oxygen atoms in total. The zero-order chi connectivity index (χ0) is 26.3. The highest BCUT2D eigenvalue weighted by atomic mass is 35.5. The number of aryl methyl sites for hydroxylation is 1. The average Bonchev–Trinajstić information content (AvgIpc) is 3.34. The first-order valence-corrected chi connectivity index (χ1v) is 14.7. The number of benzene rings is 2. The lowest BCUT2D eigenvalue weighted by molar-refractivity contribution is -0.139. The van der Waals surface area contributed by atoms with Gasteiger partial charge in [-0.25, -0.2) is 8.42 Å². The molecule has 2 aromatic rings. The van der Waals surface area contributed by atoms with Crippen LogP contribution in [-0.2, 0) is 26.0 Å². The van der Waals surface area contributed by atoms with Crippen molar-refractivity contribution < 1.29 is 18.0 Å². The number of anilines is 1. The Labute approximate surface area is 219 Å². The molecule has 196 valence electrons. The number of carbonyl (C=O) groups is 2. The van der Waals surface area contributed by atoms with Crippen LogP contribution in [0.4, 0.5) is 5.69 Å². The second-order valence-corrected chi connectivity index (χ2v) is 11.8. The molecule has 2 amide bonds. The SMILES string of the molecule is CCC(C(=O)NC1CCCC1)N(CCc1ccccc1)C(=O)CN(c1cc(Cl)ccc1C)S(C)(=O)=O. The van der Waals surface area contributed by atoms with Crippen LogP contribution < -0.4 is 9.62 Å². The third kappa shape index (κ3) is 7.46. The van der Waals surface area contributed by atoms with Crippen LogP contribution in [0.1, 0.15) is 50.2 Å². The summed E-state index contributed by atoms with van der Waals surface area (Å²) in [6.45, 7) is 3.52. The van der Waals surface area contributed by atoms with E-state index in [1.165, 1.54) is 4.90 Å². The Balaban J connectivity index is 1.89. The molecule has 1 aliphatic rings. The van der Waals surface area contributed by atoms with Gasteiger partial charge in [-0.3, -0.25) is 13.9 Å². The van der Waals surface area contributed by atoms with Gasteiger partial charge in [0.15, 0.2) is 0 Å². The summed E-state index contributed by atoms with van der Waals surface area (Å²) >= 11 is 6.15. The molecule has 3 rings (SSSR count). The lowest BCUT2D eigenvalue weighted by atomic mass is 10.1. The number of carbonyl (C=O) groups excluding carboxylic acids is 2. The van der Waals surface area contributed by atoms with Crippen LogP contribution >= 0.6 is 11.6 Å². The Morgan fingerprint density at radius 1 is 1.11 bits per heavy atom. The minimum Gasteiger partial charge on any atom is -0.352 e. The highest BCUT2D eigenvalue weighted by molar-refractivity contribution is 7.92. The first-order valence-electron chi connectivity index (χ1n) is 12.5. The van der Waals surface area contributed by atoms with Crippen molar-refractivity contribution in [3.63, 3.8) is 0 Å². The quantitative estimate of drug-likeness (QED) is 0.466. The van der Waals surface area contributed by atoms with Crippen LogP contribution in [-0.4, -0.2) is 56.6 Å². The van der Waals surface area contributed by atoms with Crippen molar-refractivity contribution in [1.82, 2.24) is 10.2 Å². The third-order valence-corrected chi connectivity index (χ3v) is 8.05. The molecular weight excluding hydrogens is 498 g/mol. The molecule has 0 radical (unpaired) electrons. The monoisotopic (exact) mass is 533 g/mol. The van der Waals surface area contributed by atoms with Crippen molar-refractivity contribution in [2.45, 2.75) is 64.5 Å². The van der Waals surface area contributed by atoms with Crippen LogP contribution in [0.3, 0.4) is 0 Å². The number of hydrogen-bond acceptors (Lipinski definition) is 4. The molecular formula is C27H36ClN3O4S. The van der Waals surface area contributed by atoms with E-state index in [0.717, 1.165) is 41.8 Å². The zero-order valence-corrected chi connectivity index (χ0v) is 22.8. The minimum atomic E-state index is -3.80. The standard InChI is InChI=1S/C27H36ClN3O4S/c1-4-24(27(33)29-23-12-8-9-13-23)30(17-16-21-10-6-5-7-11-21)26(32)19-31(36(3,34)35)25-18-22(28)15-14-20(25)2/h5-7,10-11,14-15,18,23-24H,4,8-9,12-13,16-17,19H2,1-3H3,(H,29,33). The minimum absolute atomic E-state index is 0.124. The Morgan fingerprint density at radius 3 is 2.39 bits per heavy atom. The van der Waals surface area contributed by atoms with Crippen LogP contribution in [0.25, 0.3) is 0 Å². The summed E-state index contributed by atoms with van der Waals surface area (Å²) in [7, 11) is -3.80. The zero-order valence-electron chi connectivity index (χ0n) is 21.2. The lowest BCUT2D eigenvalue weighted by Gasteiger charge is -2.33. The van der Waals surface area contributed by atoms with Gasteiger partial charge in [-0.05, 0) is 55.9 Å². The van der Waals surface area contributed by atoms with Gasteiger partial charge in [-0.2, -0.15) is 0 Å².